The number of rotatable bonds is 2. The molecule has 0 atom stereocenters. The zero-order valence-corrected chi connectivity index (χ0v) is 12.3. The van der Waals surface area contributed by atoms with E-state index >= 15 is 0 Å². The second kappa shape index (κ2) is 4.52. The lowest BCUT2D eigenvalue weighted by molar-refractivity contribution is 0.754. The van der Waals surface area contributed by atoms with Gasteiger partial charge in [-0.15, -0.1) is 0 Å². The van der Waals surface area contributed by atoms with E-state index in [0.29, 0.717) is 11.8 Å². The lowest BCUT2D eigenvalue weighted by Gasteiger charge is -2.04. The summed E-state index contributed by atoms with van der Waals surface area (Å²) < 4.78 is 0. The quantitative estimate of drug-likeness (QED) is 0.659. The van der Waals surface area contributed by atoms with E-state index in [1.54, 1.807) is 5.57 Å². The van der Waals surface area contributed by atoms with Crippen LogP contribution in [0.25, 0.3) is 17.2 Å². The zero-order chi connectivity index (χ0) is 13.6. The van der Waals surface area contributed by atoms with E-state index in [-0.39, 0.29) is 0 Å². The maximum absolute atomic E-state index is 2.39. The van der Waals surface area contributed by atoms with E-state index in [1.165, 1.54) is 27.8 Å². The predicted molar refractivity (Wildman–Crippen MR) is 83.7 cm³/mol. The van der Waals surface area contributed by atoms with Gasteiger partial charge < -0.3 is 0 Å². The molecule has 0 fully saturated rings. The largest absolute Gasteiger partial charge is 0.0626 e. The molecular formula is C19H22. The Bertz CT molecular complexity index is 614. The van der Waals surface area contributed by atoms with Gasteiger partial charge in [-0.3, -0.25) is 0 Å². The van der Waals surface area contributed by atoms with Crippen LogP contribution in [0.4, 0.5) is 0 Å². The van der Waals surface area contributed by atoms with Crippen molar-refractivity contribution in [3.63, 3.8) is 0 Å². The van der Waals surface area contributed by atoms with Crippen molar-refractivity contribution in [1.29, 1.82) is 0 Å². The lowest BCUT2D eigenvalue weighted by Crippen LogP contribution is -1.92. The molecule has 0 aromatic heterocycles. The molecular weight excluding hydrogens is 228 g/mol. The van der Waals surface area contributed by atoms with Crippen molar-refractivity contribution in [2.75, 3.05) is 0 Å². The third-order valence-electron chi connectivity index (χ3n) is 4.27. The van der Waals surface area contributed by atoms with Crippen LogP contribution >= 0.6 is 0 Å². The Hall–Kier alpha value is -1.56. The Morgan fingerprint density at radius 3 is 2.26 bits per heavy atom. The second-order valence-electron chi connectivity index (χ2n) is 6.36. The summed E-state index contributed by atoms with van der Waals surface area (Å²) >= 11 is 0. The summed E-state index contributed by atoms with van der Waals surface area (Å²) in [6.45, 7) is 9.09. The summed E-state index contributed by atoms with van der Waals surface area (Å²) in [7, 11) is 0. The van der Waals surface area contributed by atoms with Crippen LogP contribution in [0.2, 0.25) is 0 Å². The Morgan fingerprint density at radius 2 is 1.58 bits per heavy atom. The third-order valence-corrected chi connectivity index (χ3v) is 4.27. The summed E-state index contributed by atoms with van der Waals surface area (Å²) in [6.07, 6.45) is 3.52. The van der Waals surface area contributed by atoms with E-state index in [4.69, 9.17) is 0 Å². The molecule has 0 saturated carbocycles. The van der Waals surface area contributed by atoms with Gasteiger partial charge in [0.1, 0.15) is 0 Å². The first-order valence-corrected chi connectivity index (χ1v) is 7.31. The lowest BCUT2D eigenvalue weighted by atomic mass is 10.0. The van der Waals surface area contributed by atoms with Crippen LogP contribution in [0.5, 0.6) is 0 Å². The van der Waals surface area contributed by atoms with Gasteiger partial charge in [0, 0.05) is 0 Å². The molecule has 3 rings (SSSR count). The van der Waals surface area contributed by atoms with Gasteiger partial charge in [0.15, 0.2) is 0 Å². The molecule has 0 amide bonds. The minimum atomic E-state index is 0.604. The van der Waals surface area contributed by atoms with Crippen molar-refractivity contribution in [2.45, 2.75) is 40.0 Å². The van der Waals surface area contributed by atoms with Gasteiger partial charge in [0.2, 0.25) is 0 Å². The van der Waals surface area contributed by atoms with Crippen LogP contribution < -0.4 is 0 Å². The standard InChI is InChI=1S/C19H22/c1-12(2)16-7-14-5-6-15-8-17(13(3)4)10-19(15)11-18(14)9-16/h5-7,9-13H,8H2,1-4H3. The van der Waals surface area contributed by atoms with Crippen molar-refractivity contribution in [3.8, 4) is 11.1 Å². The molecule has 0 saturated heterocycles. The highest BCUT2D eigenvalue weighted by atomic mass is 14.2. The summed E-state index contributed by atoms with van der Waals surface area (Å²) in [5.41, 5.74) is 8.65. The molecule has 0 spiro atoms. The molecule has 0 nitrogen and oxygen atoms in total. The Labute approximate surface area is 116 Å². The van der Waals surface area contributed by atoms with Crippen LogP contribution in [-0.2, 0) is 6.42 Å². The number of hydrogen-bond donors (Lipinski definition) is 0. The van der Waals surface area contributed by atoms with Gasteiger partial charge in [-0.2, -0.15) is 0 Å². The first kappa shape index (κ1) is 12.5. The van der Waals surface area contributed by atoms with Crippen LogP contribution in [0, 0.1) is 5.92 Å². The highest BCUT2D eigenvalue weighted by Gasteiger charge is 2.16. The monoisotopic (exact) mass is 250 g/mol. The first-order valence-electron chi connectivity index (χ1n) is 7.31. The predicted octanol–water partition coefficient (Wildman–Crippen LogP) is 5.51. The van der Waals surface area contributed by atoms with Crippen molar-refractivity contribution >= 4 is 6.08 Å². The van der Waals surface area contributed by atoms with E-state index in [1.807, 2.05) is 0 Å². The molecule has 0 heteroatoms. The van der Waals surface area contributed by atoms with Crippen LogP contribution in [0.15, 0.2) is 35.9 Å². The van der Waals surface area contributed by atoms with E-state index < -0.39 is 0 Å². The fourth-order valence-electron chi connectivity index (χ4n) is 2.85. The van der Waals surface area contributed by atoms with E-state index in [9.17, 15) is 0 Å². The van der Waals surface area contributed by atoms with Crippen LogP contribution in [0.1, 0.15) is 50.3 Å². The molecule has 98 valence electrons. The topological polar surface area (TPSA) is 0 Å². The van der Waals surface area contributed by atoms with Gasteiger partial charge in [-0.25, -0.2) is 0 Å². The molecule has 0 heterocycles. The van der Waals surface area contributed by atoms with Crippen molar-refractivity contribution in [3.05, 3.63) is 52.6 Å². The molecule has 3 aliphatic carbocycles. The molecule has 3 aliphatic rings. The van der Waals surface area contributed by atoms with Crippen LogP contribution in [-0.4, -0.2) is 0 Å². The van der Waals surface area contributed by atoms with Gasteiger partial charge in [0.05, 0.1) is 0 Å². The average Bonchev–Trinajstić information content (AvgIpc) is 2.89. The molecule has 0 aromatic rings. The third kappa shape index (κ3) is 2.20. The number of hydrogen-bond acceptors (Lipinski definition) is 0. The smallest absolute Gasteiger partial charge is 0.00553 e. The molecule has 0 aromatic carbocycles. The fourth-order valence-corrected chi connectivity index (χ4v) is 2.85. The van der Waals surface area contributed by atoms with Gasteiger partial charge in [-0.05, 0) is 52.1 Å². The summed E-state index contributed by atoms with van der Waals surface area (Å²) in [4.78, 5) is 0. The Morgan fingerprint density at radius 1 is 0.842 bits per heavy atom. The minimum Gasteiger partial charge on any atom is -0.0626 e. The normalized spacial score (nSPS) is 14.3. The maximum Gasteiger partial charge on any atom is -0.00553 e. The fraction of sp³-hybridized carbons (Fsp3) is 0.368. The van der Waals surface area contributed by atoms with Crippen molar-refractivity contribution in [2.24, 2.45) is 5.92 Å². The molecule has 19 heavy (non-hydrogen) atoms. The highest BCUT2D eigenvalue weighted by molar-refractivity contribution is 5.75. The second-order valence-corrected chi connectivity index (χ2v) is 6.36. The maximum atomic E-state index is 2.39. The van der Waals surface area contributed by atoms with E-state index in [2.05, 4.69) is 64.1 Å². The Balaban J connectivity index is 2.10. The summed E-state index contributed by atoms with van der Waals surface area (Å²) in [5.74, 6) is 1.26. The highest BCUT2D eigenvalue weighted by Crippen LogP contribution is 2.35. The minimum absolute atomic E-state index is 0.604. The first-order chi connectivity index (χ1) is 9.04. The SMILES string of the molecule is CC(C)C1=Cc2cc3cc(C(C)C)cc-3ccc2C1. The summed E-state index contributed by atoms with van der Waals surface area (Å²) in [5, 5.41) is 0. The molecule has 0 unspecified atom stereocenters. The molecule has 0 radical (unpaired) electrons. The van der Waals surface area contributed by atoms with Gasteiger partial charge in [-0.1, -0.05) is 63.6 Å². The van der Waals surface area contributed by atoms with Gasteiger partial charge in [0.25, 0.3) is 0 Å². The van der Waals surface area contributed by atoms with Crippen LogP contribution in [0.3, 0.4) is 0 Å². The number of fused-ring (bicyclic) bond motifs is 2. The summed E-state index contributed by atoms with van der Waals surface area (Å²) in [6, 6.07) is 11.7. The Kier molecular flexibility index (Phi) is 2.97. The molecule has 0 N–H and O–H groups in total. The van der Waals surface area contributed by atoms with Crippen molar-refractivity contribution in [1.82, 2.24) is 0 Å². The molecule has 0 aliphatic heterocycles. The van der Waals surface area contributed by atoms with Crippen molar-refractivity contribution < 1.29 is 0 Å². The molecule has 0 bridgehead atoms. The van der Waals surface area contributed by atoms with E-state index in [0.717, 1.165) is 6.42 Å². The van der Waals surface area contributed by atoms with Gasteiger partial charge >= 0.3 is 0 Å². The zero-order valence-electron chi connectivity index (χ0n) is 12.3. The number of allylic oxidation sites excluding steroid dienone is 1. The average molecular weight is 250 g/mol.